The number of nitrogens with one attached hydrogen (secondary N) is 2. The van der Waals surface area contributed by atoms with Gasteiger partial charge in [-0.1, -0.05) is 54.6 Å². The van der Waals surface area contributed by atoms with Crippen molar-refractivity contribution in [3.8, 4) is 0 Å². The molecule has 0 saturated heterocycles. The van der Waals surface area contributed by atoms with E-state index >= 15 is 0 Å². The van der Waals surface area contributed by atoms with Gasteiger partial charge in [-0.3, -0.25) is 9.59 Å². The van der Waals surface area contributed by atoms with Crippen molar-refractivity contribution in [2.45, 2.75) is 13.8 Å². The average Bonchev–Trinajstić information content (AvgIpc) is 2.79. The standard InChI is InChI=1S/C26H22N4O2/c1-17-15-18(2)28-26(27-17)30-21-12-8-11-20(16-21)29-25(32)23-14-7-6-13-22(23)24(31)19-9-4-3-5-10-19/h3-16H,1-2H3,(H,29,32)(H,27,28,30). The lowest BCUT2D eigenvalue weighted by molar-refractivity contribution is 0.0996. The van der Waals surface area contributed by atoms with Gasteiger partial charge in [-0.25, -0.2) is 9.97 Å². The first-order chi connectivity index (χ1) is 15.5. The molecule has 3 aromatic carbocycles. The SMILES string of the molecule is Cc1cc(C)nc(Nc2cccc(NC(=O)c3ccccc3C(=O)c3ccccc3)c2)n1. The zero-order chi connectivity index (χ0) is 22.5. The summed E-state index contributed by atoms with van der Waals surface area (Å²) in [5, 5.41) is 6.04. The van der Waals surface area contributed by atoms with E-state index in [1.54, 1.807) is 60.7 Å². The quantitative estimate of drug-likeness (QED) is 0.411. The maximum atomic E-state index is 13.0. The fourth-order valence-corrected chi connectivity index (χ4v) is 3.41. The van der Waals surface area contributed by atoms with Crippen LogP contribution in [0.5, 0.6) is 0 Å². The molecule has 6 nitrogen and oxygen atoms in total. The molecule has 0 atom stereocenters. The van der Waals surface area contributed by atoms with E-state index in [9.17, 15) is 9.59 Å². The molecule has 0 spiro atoms. The summed E-state index contributed by atoms with van der Waals surface area (Å²) in [4.78, 5) is 34.7. The summed E-state index contributed by atoms with van der Waals surface area (Å²) in [5.41, 5.74) is 4.26. The predicted octanol–water partition coefficient (Wildman–Crippen LogP) is 5.32. The van der Waals surface area contributed by atoms with Gasteiger partial charge in [-0.2, -0.15) is 0 Å². The molecule has 0 aliphatic rings. The highest BCUT2D eigenvalue weighted by Gasteiger charge is 2.18. The molecule has 0 fully saturated rings. The number of nitrogens with zero attached hydrogens (tertiary/aromatic N) is 2. The van der Waals surface area contributed by atoms with Crippen LogP contribution in [0.15, 0.2) is 84.9 Å². The summed E-state index contributed by atoms with van der Waals surface area (Å²) in [6.45, 7) is 3.81. The summed E-state index contributed by atoms with van der Waals surface area (Å²) in [6.07, 6.45) is 0. The first kappa shape index (κ1) is 20.9. The van der Waals surface area contributed by atoms with Gasteiger partial charge in [0, 0.05) is 33.9 Å². The fourth-order valence-electron chi connectivity index (χ4n) is 3.41. The number of anilines is 3. The number of carbonyl (C=O) groups excluding carboxylic acids is 2. The van der Waals surface area contributed by atoms with Crippen molar-refractivity contribution in [3.05, 3.63) is 113 Å². The number of amides is 1. The Morgan fingerprint density at radius 1 is 0.688 bits per heavy atom. The smallest absolute Gasteiger partial charge is 0.256 e. The number of hydrogen-bond donors (Lipinski definition) is 2. The molecule has 6 heteroatoms. The zero-order valence-corrected chi connectivity index (χ0v) is 17.8. The van der Waals surface area contributed by atoms with Crippen LogP contribution in [0.2, 0.25) is 0 Å². The topological polar surface area (TPSA) is 84.0 Å². The largest absolute Gasteiger partial charge is 0.324 e. The molecule has 0 saturated carbocycles. The van der Waals surface area contributed by atoms with Gasteiger partial charge >= 0.3 is 0 Å². The summed E-state index contributed by atoms with van der Waals surface area (Å²) in [7, 11) is 0. The highest BCUT2D eigenvalue weighted by molar-refractivity contribution is 6.17. The number of aromatic nitrogens is 2. The van der Waals surface area contributed by atoms with Crippen LogP contribution in [0.4, 0.5) is 17.3 Å². The zero-order valence-electron chi connectivity index (χ0n) is 17.8. The van der Waals surface area contributed by atoms with Crippen LogP contribution in [0.25, 0.3) is 0 Å². The minimum atomic E-state index is -0.357. The van der Waals surface area contributed by atoms with Gasteiger partial charge in [0.1, 0.15) is 0 Å². The molecule has 1 aromatic heterocycles. The van der Waals surface area contributed by atoms with Crippen molar-refractivity contribution in [1.29, 1.82) is 0 Å². The second kappa shape index (κ2) is 9.22. The van der Waals surface area contributed by atoms with Crippen LogP contribution in [0.3, 0.4) is 0 Å². The molecule has 0 aliphatic heterocycles. The Balaban J connectivity index is 1.55. The maximum absolute atomic E-state index is 13.0. The minimum absolute atomic E-state index is 0.196. The van der Waals surface area contributed by atoms with Gasteiger partial charge in [0.15, 0.2) is 5.78 Å². The van der Waals surface area contributed by atoms with E-state index in [4.69, 9.17) is 0 Å². The highest BCUT2D eigenvalue weighted by atomic mass is 16.2. The van der Waals surface area contributed by atoms with Gasteiger partial charge in [0.2, 0.25) is 5.95 Å². The van der Waals surface area contributed by atoms with Crippen LogP contribution in [0, 0.1) is 13.8 Å². The van der Waals surface area contributed by atoms with Crippen molar-refractivity contribution >= 4 is 29.0 Å². The number of rotatable bonds is 6. The van der Waals surface area contributed by atoms with Crippen LogP contribution >= 0.6 is 0 Å². The Bertz CT molecular complexity index is 1270. The van der Waals surface area contributed by atoms with Crippen LogP contribution in [-0.2, 0) is 0 Å². The van der Waals surface area contributed by atoms with Crippen LogP contribution in [0.1, 0.15) is 37.7 Å². The summed E-state index contributed by atoms with van der Waals surface area (Å²) < 4.78 is 0. The van der Waals surface area contributed by atoms with Crippen molar-refractivity contribution in [2.75, 3.05) is 10.6 Å². The first-order valence-corrected chi connectivity index (χ1v) is 10.2. The van der Waals surface area contributed by atoms with E-state index in [0.29, 0.717) is 28.3 Å². The molecule has 4 aromatic rings. The summed E-state index contributed by atoms with van der Waals surface area (Å²) in [6, 6.07) is 24.9. The molecule has 0 bridgehead atoms. The third-order valence-electron chi connectivity index (χ3n) is 4.81. The van der Waals surface area contributed by atoms with E-state index < -0.39 is 0 Å². The van der Waals surface area contributed by atoms with Crippen molar-refractivity contribution < 1.29 is 9.59 Å². The summed E-state index contributed by atoms with van der Waals surface area (Å²) >= 11 is 0. The molecule has 0 unspecified atom stereocenters. The molecular formula is C26H22N4O2. The number of ketones is 1. The van der Waals surface area contributed by atoms with Gasteiger partial charge < -0.3 is 10.6 Å². The molecule has 1 amide bonds. The number of hydrogen-bond acceptors (Lipinski definition) is 5. The van der Waals surface area contributed by atoms with Gasteiger partial charge in [0.25, 0.3) is 5.91 Å². The van der Waals surface area contributed by atoms with Crippen LogP contribution in [-0.4, -0.2) is 21.7 Å². The third kappa shape index (κ3) is 4.87. The van der Waals surface area contributed by atoms with Crippen molar-refractivity contribution in [1.82, 2.24) is 9.97 Å². The fraction of sp³-hybridized carbons (Fsp3) is 0.0769. The monoisotopic (exact) mass is 422 g/mol. The van der Waals surface area contributed by atoms with Gasteiger partial charge in [-0.15, -0.1) is 0 Å². The van der Waals surface area contributed by atoms with Gasteiger partial charge in [0.05, 0.1) is 5.56 Å². The third-order valence-corrected chi connectivity index (χ3v) is 4.81. The molecule has 0 aliphatic carbocycles. The molecule has 158 valence electrons. The molecule has 2 N–H and O–H groups in total. The van der Waals surface area contributed by atoms with E-state index in [1.165, 1.54) is 0 Å². The number of benzene rings is 3. The lowest BCUT2D eigenvalue weighted by Gasteiger charge is -2.11. The first-order valence-electron chi connectivity index (χ1n) is 10.2. The Hall–Kier alpha value is -4.32. The predicted molar refractivity (Wildman–Crippen MR) is 126 cm³/mol. The normalized spacial score (nSPS) is 10.4. The van der Waals surface area contributed by atoms with Crippen molar-refractivity contribution in [2.24, 2.45) is 0 Å². The van der Waals surface area contributed by atoms with Gasteiger partial charge in [-0.05, 0) is 44.2 Å². The lowest BCUT2D eigenvalue weighted by Crippen LogP contribution is -2.17. The Kier molecular flexibility index (Phi) is 6.03. The number of aryl methyl sites for hydroxylation is 2. The maximum Gasteiger partial charge on any atom is 0.256 e. The summed E-state index contributed by atoms with van der Waals surface area (Å²) in [5.74, 6) is -0.0619. The molecule has 0 radical (unpaired) electrons. The van der Waals surface area contributed by atoms with Crippen molar-refractivity contribution in [3.63, 3.8) is 0 Å². The Morgan fingerprint density at radius 2 is 1.31 bits per heavy atom. The minimum Gasteiger partial charge on any atom is -0.324 e. The average molecular weight is 422 g/mol. The van der Waals surface area contributed by atoms with E-state index in [0.717, 1.165) is 17.1 Å². The molecular weight excluding hydrogens is 400 g/mol. The molecule has 1 heterocycles. The highest BCUT2D eigenvalue weighted by Crippen LogP contribution is 2.21. The Labute approximate surface area is 186 Å². The van der Waals surface area contributed by atoms with E-state index in [-0.39, 0.29) is 11.7 Å². The number of carbonyl (C=O) groups is 2. The lowest BCUT2D eigenvalue weighted by atomic mass is 9.98. The van der Waals surface area contributed by atoms with Crippen LogP contribution < -0.4 is 10.6 Å². The second-order valence-electron chi connectivity index (χ2n) is 7.37. The molecule has 4 rings (SSSR count). The Morgan fingerprint density at radius 3 is 2.03 bits per heavy atom. The molecule has 32 heavy (non-hydrogen) atoms. The second-order valence-corrected chi connectivity index (χ2v) is 7.37. The van der Waals surface area contributed by atoms with E-state index in [1.807, 2.05) is 38.1 Å². The van der Waals surface area contributed by atoms with E-state index in [2.05, 4.69) is 20.6 Å².